The Labute approximate surface area is 168 Å². The summed E-state index contributed by atoms with van der Waals surface area (Å²) < 4.78 is 90.6. The minimum absolute atomic E-state index is 0.0890. The number of nitrogens with zero attached hydrogens (tertiary/aromatic N) is 2. The maximum atomic E-state index is 13.4. The lowest BCUT2D eigenvalue weighted by molar-refractivity contribution is -0.138. The van der Waals surface area contributed by atoms with Crippen LogP contribution in [0.5, 0.6) is 0 Å². The van der Waals surface area contributed by atoms with Gasteiger partial charge < -0.3 is 5.32 Å². The first-order valence-electron chi connectivity index (χ1n) is 8.71. The number of nitrogens with two attached hydrogens (primary N) is 1. The highest BCUT2D eigenvalue weighted by atomic mass is 32.2. The molecule has 13 heteroatoms. The summed E-state index contributed by atoms with van der Waals surface area (Å²) in [6.07, 6.45) is -5.25. The van der Waals surface area contributed by atoms with Crippen molar-refractivity contribution in [2.45, 2.75) is 42.8 Å². The third kappa shape index (κ3) is 4.95. The molecule has 2 aromatic rings. The highest BCUT2D eigenvalue weighted by Gasteiger charge is 2.42. The van der Waals surface area contributed by atoms with Crippen molar-refractivity contribution in [2.24, 2.45) is 11.1 Å². The van der Waals surface area contributed by atoms with Crippen LogP contribution >= 0.6 is 0 Å². The van der Waals surface area contributed by atoms with E-state index in [1.54, 1.807) is 0 Å². The average Bonchev–Trinajstić information content (AvgIpc) is 3.17. The van der Waals surface area contributed by atoms with E-state index < -0.39 is 51.6 Å². The van der Waals surface area contributed by atoms with E-state index >= 15 is 0 Å². The summed E-state index contributed by atoms with van der Waals surface area (Å²) in [5.74, 6) is -4.75. The van der Waals surface area contributed by atoms with E-state index in [1.165, 1.54) is 12.1 Å². The number of benzene rings is 1. The van der Waals surface area contributed by atoms with E-state index in [9.17, 15) is 35.2 Å². The Morgan fingerprint density at radius 1 is 1.33 bits per heavy atom. The van der Waals surface area contributed by atoms with Crippen LogP contribution in [0.4, 0.5) is 27.6 Å². The number of primary sulfonamides is 1. The van der Waals surface area contributed by atoms with Gasteiger partial charge in [0.25, 0.3) is 5.91 Å². The molecule has 1 saturated carbocycles. The van der Waals surface area contributed by atoms with Crippen molar-refractivity contribution >= 4 is 21.6 Å². The monoisotopic (exact) mass is 452 g/mol. The zero-order chi connectivity index (χ0) is 22.3. The van der Waals surface area contributed by atoms with Gasteiger partial charge in [-0.3, -0.25) is 9.48 Å². The Morgan fingerprint density at radius 2 is 2.03 bits per heavy atom. The van der Waals surface area contributed by atoms with Crippen LogP contribution in [0.1, 0.15) is 35.3 Å². The zero-order valence-corrected chi connectivity index (χ0v) is 16.1. The zero-order valence-electron chi connectivity index (χ0n) is 15.3. The predicted molar refractivity (Wildman–Crippen MR) is 95.3 cm³/mol. The molecule has 0 saturated heterocycles. The van der Waals surface area contributed by atoms with Gasteiger partial charge in [-0.1, -0.05) is 6.07 Å². The molecule has 1 aliphatic carbocycles. The molecule has 1 aromatic heterocycles. The Balaban J connectivity index is 1.91. The molecule has 3 rings (SSSR count). The SMILES string of the molecule is NS(=O)(=O)c1cccc(NC(=O)c2c(C(F)(F)F)cnn2CC2CCC(F)(F)C2)c1. The minimum Gasteiger partial charge on any atom is -0.321 e. The Morgan fingerprint density at radius 3 is 2.60 bits per heavy atom. The van der Waals surface area contributed by atoms with Crippen LogP contribution < -0.4 is 10.5 Å². The first kappa shape index (κ1) is 22.2. The van der Waals surface area contributed by atoms with Gasteiger partial charge >= 0.3 is 6.18 Å². The van der Waals surface area contributed by atoms with Crippen molar-refractivity contribution < 1.29 is 35.2 Å². The Hall–Kier alpha value is -2.54. The molecule has 7 nitrogen and oxygen atoms in total. The summed E-state index contributed by atoms with van der Waals surface area (Å²) in [4.78, 5) is 12.3. The van der Waals surface area contributed by atoms with Crippen molar-refractivity contribution in [2.75, 3.05) is 5.32 Å². The largest absolute Gasteiger partial charge is 0.420 e. The fourth-order valence-electron chi connectivity index (χ4n) is 3.35. The van der Waals surface area contributed by atoms with Crippen molar-refractivity contribution in [1.29, 1.82) is 0 Å². The average molecular weight is 452 g/mol. The Kier molecular flexibility index (Phi) is 5.62. The fourth-order valence-corrected chi connectivity index (χ4v) is 3.91. The van der Waals surface area contributed by atoms with Crippen molar-refractivity contribution in [3.63, 3.8) is 0 Å². The van der Waals surface area contributed by atoms with Crippen LogP contribution in [0.25, 0.3) is 0 Å². The van der Waals surface area contributed by atoms with Crippen molar-refractivity contribution in [3.8, 4) is 0 Å². The maximum Gasteiger partial charge on any atom is 0.420 e. The maximum absolute atomic E-state index is 13.4. The quantitative estimate of drug-likeness (QED) is 0.679. The number of halogens is 5. The van der Waals surface area contributed by atoms with E-state index in [2.05, 4.69) is 10.4 Å². The molecule has 0 aliphatic heterocycles. The highest BCUT2D eigenvalue weighted by molar-refractivity contribution is 7.89. The molecule has 1 amide bonds. The number of anilines is 1. The summed E-state index contributed by atoms with van der Waals surface area (Å²) in [6, 6.07) is 4.64. The normalized spacial score (nSPS) is 19.1. The molecule has 1 fully saturated rings. The smallest absolute Gasteiger partial charge is 0.321 e. The van der Waals surface area contributed by atoms with Crippen LogP contribution in [0.3, 0.4) is 0 Å². The summed E-state index contributed by atoms with van der Waals surface area (Å²) in [5.41, 5.74) is -2.29. The van der Waals surface area contributed by atoms with Crippen molar-refractivity contribution in [3.05, 3.63) is 41.7 Å². The number of rotatable bonds is 5. The lowest BCUT2D eigenvalue weighted by atomic mass is 10.1. The number of hydrogen-bond donors (Lipinski definition) is 2. The number of carbonyl (C=O) groups excluding carboxylic acids is 1. The van der Waals surface area contributed by atoms with E-state index in [0.717, 1.165) is 16.8 Å². The van der Waals surface area contributed by atoms with Gasteiger partial charge in [0, 0.05) is 25.1 Å². The molecule has 1 aromatic carbocycles. The number of hydrogen-bond acceptors (Lipinski definition) is 4. The molecule has 3 N–H and O–H groups in total. The van der Waals surface area contributed by atoms with Gasteiger partial charge in [0.15, 0.2) is 0 Å². The molecule has 0 spiro atoms. The molecule has 1 unspecified atom stereocenters. The molecule has 0 radical (unpaired) electrons. The fraction of sp³-hybridized carbons (Fsp3) is 0.412. The molecule has 1 atom stereocenters. The predicted octanol–water partition coefficient (Wildman–Crippen LogP) is 3.24. The number of alkyl halides is 5. The summed E-state index contributed by atoms with van der Waals surface area (Å²) >= 11 is 0. The Bertz CT molecular complexity index is 1070. The molecule has 1 aliphatic rings. The van der Waals surface area contributed by atoms with E-state index in [0.29, 0.717) is 6.20 Å². The standard InChI is InChI=1S/C17H17F5N4O3S/c18-16(19)5-4-10(7-16)9-26-14(13(8-24-26)17(20,21)22)15(27)25-11-2-1-3-12(6-11)30(23,28)29/h1-3,6,8,10H,4-5,7,9H2,(H,25,27)(H2,23,28,29). The van der Waals surface area contributed by atoms with E-state index in [4.69, 9.17) is 5.14 Å². The minimum atomic E-state index is -4.91. The number of nitrogens with one attached hydrogen (secondary N) is 1. The number of sulfonamides is 1. The summed E-state index contributed by atoms with van der Waals surface area (Å²) in [7, 11) is -4.10. The van der Waals surface area contributed by atoms with Crippen LogP contribution in [-0.4, -0.2) is 30.0 Å². The second kappa shape index (κ2) is 7.61. The van der Waals surface area contributed by atoms with Gasteiger partial charge in [0.05, 0.1) is 11.1 Å². The summed E-state index contributed by atoms with van der Waals surface area (Å²) in [6.45, 7) is -0.286. The van der Waals surface area contributed by atoms with Crippen LogP contribution in [0.15, 0.2) is 35.4 Å². The number of amides is 1. The van der Waals surface area contributed by atoms with E-state index in [-0.39, 0.29) is 30.0 Å². The van der Waals surface area contributed by atoms with Gasteiger partial charge in [0.1, 0.15) is 11.3 Å². The number of carbonyl (C=O) groups is 1. The molecule has 1 heterocycles. The first-order chi connectivity index (χ1) is 13.8. The lowest BCUT2D eigenvalue weighted by Gasteiger charge is -2.15. The van der Waals surface area contributed by atoms with Crippen LogP contribution in [-0.2, 0) is 22.7 Å². The third-order valence-corrected chi connectivity index (χ3v) is 5.63. The van der Waals surface area contributed by atoms with Gasteiger partial charge in [-0.25, -0.2) is 22.3 Å². The topological polar surface area (TPSA) is 107 Å². The second-order valence-corrected chi connectivity index (χ2v) is 8.64. The van der Waals surface area contributed by atoms with Gasteiger partial charge in [-0.2, -0.15) is 18.3 Å². The first-order valence-corrected chi connectivity index (χ1v) is 10.3. The molecule has 30 heavy (non-hydrogen) atoms. The second-order valence-electron chi connectivity index (χ2n) is 7.08. The van der Waals surface area contributed by atoms with Gasteiger partial charge in [-0.15, -0.1) is 0 Å². The van der Waals surface area contributed by atoms with Gasteiger partial charge in [-0.05, 0) is 30.5 Å². The molecule has 164 valence electrons. The third-order valence-electron chi connectivity index (χ3n) is 4.72. The summed E-state index contributed by atoms with van der Waals surface area (Å²) in [5, 5.41) is 10.8. The van der Waals surface area contributed by atoms with Crippen molar-refractivity contribution in [1.82, 2.24) is 9.78 Å². The van der Waals surface area contributed by atoms with Gasteiger partial charge in [0.2, 0.25) is 15.9 Å². The van der Waals surface area contributed by atoms with E-state index in [1.807, 2.05) is 0 Å². The number of aromatic nitrogens is 2. The lowest BCUT2D eigenvalue weighted by Crippen LogP contribution is -2.24. The molecule has 0 bridgehead atoms. The highest BCUT2D eigenvalue weighted by Crippen LogP contribution is 2.40. The molecular formula is C17H17F5N4O3S. The van der Waals surface area contributed by atoms with Crippen LogP contribution in [0, 0.1) is 5.92 Å². The molecular weight excluding hydrogens is 435 g/mol. The van der Waals surface area contributed by atoms with Crippen LogP contribution in [0.2, 0.25) is 0 Å².